The minimum absolute atomic E-state index is 0. The maximum Gasteiger partial charge on any atom is 0.230 e. The first-order valence-corrected chi connectivity index (χ1v) is 11.9. The Balaban J connectivity index is 0.00000280. The molecule has 0 amide bonds. The summed E-state index contributed by atoms with van der Waals surface area (Å²) in [5.41, 5.74) is 7.82. The van der Waals surface area contributed by atoms with E-state index in [0.29, 0.717) is 17.0 Å². The second-order valence-electron chi connectivity index (χ2n) is 8.77. The smallest absolute Gasteiger partial charge is 0.230 e. The van der Waals surface area contributed by atoms with Crippen molar-refractivity contribution in [3.8, 4) is 39.6 Å². The largest absolute Gasteiger partial charge is 0.507 e. The predicted octanol–water partition coefficient (Wildman–Crippen LogP) is 7.88. The summed E-state index contributed by atoms with van der Waals surface area (Å²) in [6, 6.07) is 37.1. The van der Waals surface area contributed by atoms with Crippen molar-refractivity contribution < 1.29 is 30.6 Å². The molecule has 184 valence electrons. The third-order valence-corrected chi connectivity index (χ3v) is 6.50. The van der Waals surface area contributed by atoms with Gasteiger partial charge in [0, 0.05) is 38.9 Å². The molecular weight excluding hydrogens is 639 g/mol. The SMILES string of the molecule is CC(c1ccccc1)c1ccc(O)c(-c2nc3c(-c4[c-]c(-c5ccccn5)ccc4)cccc3o2)c1.[Pt]. The fraction of sp³-hybridized carbons (Fsp3) is 0.0625. The van der Waals surface area contributed by atoms with Crippen LogP contribution in [0.5, 0.6) is 5.75 Å². The van der Waals surface area contributed by atoms with Gasteiger partial charge in [-0.1, -0.05) is 78.7 Å². The zero-order valence-electron chi connectivity index (χ0n) is 20.0. The Morgan fingerprint density at radius 3 is 2.35 bits per heavy atom. The maximum absolute atomic E-state index is 10.7. The average molecular weight is 663 g/mol. The van der Waals surface area contributed by atoms with Crippen LogP contribution in [0.4, 0.5) is 0 Å². The fourth-order valence-electron chi connectivity index (χ4n) is 4.51. The molecule has 2 heterocycles. The summed E-state index contributed by atoms with van der Waals surface area (Å²) >= 11 is 0. The number of hydrogen-bond acceptors (Lipinski definition) is 4. The van der Waals surface area contributed by atoms with E-state index in [1.165, 1.54) is 5.56 Å². The quantitative estimate of drug-likeness (QED) is 0.191. The first-order valence-electron chi connectivity index (χ1n) is 11.9. The van der Waals surface area contributed by atoms with Gasteiger partial charge in [0.2, 0.25) is 5.89 Å². The maximum atomic E-state index is 10.7. The number of fused-ring (bicyclic) bond motifs is 1. The Kier molecular flexibility index (Phi) is 7.03. The standard InChI is InChI=1S/C32H23N2O2.Pt/c1-21(22-9-3-2-4-10-22)23-16-17-29(35)27(20-23)32-34-31-26(13-8-15-30(31)36-32)24-11-7-12-25(19-24)28-14-5-6-18-33-28;/h2-18,20-21,35H,1H3;/q-1;. The number of aromatic nitrogens is 2. The molecule has 0 aliphatic carbocycles. The number of para-hydroxylation sites is 1. The summed E-state index contributed by atoms with van der Waals surface area (Å²) in [5, 5.41) is 10.7. The fourth-order valence-corrected chi connectivity index (χ4v) is 4.51. The Morgan fingerprint density at radius 1 is 0.757 bits per heavy atom. The van der Waals surface area contributed by atoms with E-state index >= 15 is 0 Å². The van der Waals surface area contributed by atoms with Crippen molar-refractivity contribution >= 4 is 11.1 Å². The van der Waals surface area contributed by atoms with E-state index in [4.69, 9.17) is 9.40 Å². The van der Waals surface area contributed by atoms with E-state index in [-0.39, 0.29) is 32.7 Å². The van der Waals surface area contributed by atoms with Crippen LogP contribution in [0.15, 0.2) is 114 Å². The Hall–Kier alpha value is -4.01. The second-order valence-corrected chi connectivity index (χ2v) is 8.77. The van der Waals surface area contributed by atoms with Gasteiger partial charge in [-0.2, -0.15) is 0 Å². The predicted molar refractivity (Wildman–Crippen MR) is 143 cm³/mol. The van der Waals surface area contributed by atoms with Gasteiger partial charge in [-0.05, 0) is 35.4 Å². The number of rotatable bonds is 5. The molecule has 1 atom stereocenters. The van der Waals surface area contributed by atoms with Crippen LogP contribution in [0.2, 0.25) is 0 Å². The monoisotopic (exact) mass is 662 g/mol. The first kappa shape index (κ1) is 24.7. The van der Waals surface area contributed by atoms with Crippen molar-refractivity contribution in [1.82, 2.24) is 9.97 Å². The zero-order chi connectivity index (χ0) is 24.5. The van der Waals surface area contributed by atoms with E-state index in [1.54, 1.807) is 12.3 Å². The third-order valence-electron chi connectivity index (χ3n) is 6.50. The summed E-state index contributed by atoms with van der Waals surface area (Å²) in [6.07, 6.45) is 1.78. The molecule has 0 saturated heterocycles. The van der Waals surface area contributed by atoms with Crippen LogP contribution < -0.4 is 0 Å². The molecule has 0 fully saturated rings. The van der Waals surface area contributed by atoms with Crippen molar-refractivity contribution in [3.63, 3.8) is 0 Å². The first-order chi connectivity index (χ1) is 17.7. The molecule has 0 bridgehead atoms. The molecule has 0 radical (unpaired) electrons. The summed E-state index contributed by atoms with van der Waals surface area (Å²) < 4.78 is 6.16. The van der Waals surface area contributed by atoms with Gasteiger partial charge in [-0.25, -0.2) is 4.98 Å². The van der Waals surface area contributed by atoms with Crippen molar-refractivity contribution in [3.05, 3.63) is 127 Å². The van der Waals surface area contributed by atoms with Crippen molar-refractivity contribution in [2.75, 3.05) is 0 Å². The molecule has 2 aromatic heterocycles. The van der Waals surface area contributed by atoms with Gasteiger partial charge >= 0.3 is 0 Å². The molecule has 37 heavy (non-hydrogen) atoms. The molecular formula is C32H23N2O2Pt-. The number of hydrogen-bond donors (Lipinski definition) is 1. The molecule has 4 aromatic carbocycles. The minimum atomic E-state index is 0. The van der Waals surface area contributed by atoms with Gasteiger partial charge in [0.15, 0.2) is 0 Å². The van der Waals surface area contributed by atoms with Gasteiger partial charge in [0.05, 0.1) is 11.1 Å². The van der Waals surface area contributed by atoms with Gasteiger partial charge in [0.25, 0.3) is 0 Å². The van der Waals surface area contributed by atoms with Crippen molar-refractivity contribution in [2.45, 2.75) is 12.8 Å². The van der Waals surface area contributed by atoms with Crippen LogP contribution in [0.1, 0.15) is 24.0 Å². The number of pyridine rings is 1. The Morgan fingerprint density at radius 2 is 1.54 bits per heavy atom. The number of phenolic OH excluding ortho intramolecular Hbond substituents is 1. The molecule has 0 spiro atoms. The van der Waals surface area contributed by atoms with Crippen LogP contribution >= 0.6 is 0 Å². The molecule has 4 nitrogen and oxygen atoms in total. The van der Waals surface area contributed by atoms with Crippen LogP contribution in [0.3, 0.4) is 0 Å². The van der Waals surface area contributed by atoms with Crippen molar-refractivity contribution in [1.29, 1.82) is 0 Å². The Bertz CT molecular complexity index is 1660. The Labute approximate surface area is 229 Å². The van der Waals surface area contributed by atoms with E-state index in [1.807, 2.05) is 84.9 Å². The van der Waals surface area contributed by atoms with Crippen LogP contribution in [0.25, 0.3) is 44.9 Å². The van der Waals surface area contributed by atoms with Crippen LogP contribution in [0, 0.1) is 6.07 Å². The van der Waals surface area contributed by atoms with Gasteiger partial charge in [-0.3, -0.25) is 4.98 Å². The zero-order valence-corrected chi connectivity index (χ0v) is 22.3. The molecule has 5 heteroatoms. The molecule has 6 rings (SSSR count). The normalized spacial score (nSPS) is 11.7. The topological polar surface area (TPSA) is 59.2 Å². The number of nitrogens with zero attached hydrogens (tertiary/aromatic N) is 2. The van der Waals surface area contributed by atoms with Gasteiger partial charge < -0.3 is 9.52 Å². The second kappa shape index (κ2) is 10.5. The number of aromatic hydroxyl groups is 1. The van der Waals surface area contributed by atoms with Crippen LogP contribution in [-0.2, 0) is 21.1 Å². The summed E-state index contributed by atoms with van der Waals surface area (Å²) in [7, 11) is 0. The van der Waals surface area contributed by atoms with E-state index in [2.05, 4.69) is 30.1 Å². The summed E-state index contributed by atoms with van der Waals surface area (Å²) in [6.45, 7) is 2.15. The molecule has 0 saturated carbocycles. The van der Waals surface area contributed by atoms with Gasteiger partial charge in [0.1, 0.15) is 11.3 Å². The molecule has 6 aromatic rings. The molecule has 0 aliphatic heterocycles. The van der Waals surface area contributed by atoms with E-state index in [9.17, 15) is 5.11 Å². The van der Waals surface area contributed by atoms with E-state index < -0.39 is 0 Å². The van der Waals surface area contributed by atoms with Gasteiger partial charge in [-0.15, -0.1) is 29.8 Å². The van der Waals surface area contributed by atoms with E-state index in [0.717, 1.165) is 33.5 Å². The number of phenols is 1. The number of benzene rings is 4. The summed E-state index contributed by atoms with van der Waals surface area (Å²) in [5.74, 6) is 0.684. The average Bonchev–Trinajstić information content (AvgIpc) is 3.38. The summed E-state index contributed by atoms with van der Waals surface area (Å²) in [4.78, 5) is 9.28. The molecule has 1 unspecified atom stereocenters. The third kappa shape index (κ3) is 4.85. The number of oxazole rings is 1. The molecule has 1 N–H and O–H groups in total. The van der Waals surface area contributed by atoms with Crippen molar-refractivity contribution in [2.24, 2.45) is 0 Å². The molecule has 0 aliphatic rings. The minimum Gasteiger partial charge on any atom is -0.507 e. The van der Waals surface area contributed by atoms with Crippen LogP contribution in [-0.4, -0.2) is 15.1 Å².